The Balaban J connectivity index is 0.00000441. The minimum absolute atomic E-state index is 0. The first-order valence-electron chi connectivity index (χ1n) is 19.1. The summed E-state index contributed by atoms with van der Waals surface area (Å²) in [5, 5.41) is 16.8. The van der Waals surface area contributed by atoms with Crippen molar-refractivity contribution in [1.29, 1.82) is 0 Å². The Morgan fingerprint density at radius 1 is 0.696 bits per heavy atom. The number of phenols is 1. The Morgan fingerprint density at radius 3 is 2.11 bits per heavy atom. The molecule has 5 nitrogen and oxygen atoms in total. The van der Waals surface area contributed by atoms with Crippen LogP contribution in [-0.4, -0.2) is 19.6 Å². The Hall–Kier alpha value is -5.77. The summed E-state index contributed by atoms with van der Waals surface area (Å²) in [5.74, 6) is 1.64. The fourth-order valence-electron chi connectivity index (χ4n) is 7.79. The van der Waals surface area contributed by atoms with Crippen molar-refractivity contribution in [2.45, 2.75) is 52.4 Å². The van der Waals surface area contributed by atoms with Crippen LogP contribution >= 0.6 is 0 Å². The van der Waals surface area contributed by atoms with Gasteiger partial charge in [0.2, 0.25) is 0 Å². The van der Waals surface area contributed by atoms with Crippen LogP contribution in [0.25, 0.3) is 61.0 Å². The molecule has 0 saturated heterocycles. The molecule has 0 atom stereocenters. The predicted octanol–water partition coefficient (Wildman–Crippen LogP) is 12.6. The van der Waals surface area contributed by atoms with Gasteiger partial charge in [0.1, 0.15) is 16.9 Å². The number of benzene rings is 6. The summed E-state index contributed by atoms with van der Waals surface area (Å²) in [7, 11) is 0. The van der Waals surface area contributed by atoms with Crippen LogP contribution in [0, 0.1) is 6.07 Å². The van der Waals surface area contributed by atoms with Gasteiger partial charge in [0.05, 0.1) is 11.5 Å². The monoisotopic (exact) mass is 911 g/mol. The number of fused-ring (bicyclic) bond motifs is 4. The van der Waals surface area contributed by atoms with Crippen molar-refractivity contribution in [2.24, 2.45) is 0 Å². The largest absolute Gasteiger partial charge is 0.507 e. The summed E-state index contributed by atoms with van der Waals surface area (Å²) >= 11 is 0. The van der Waals surface area contributed by atoms with Gasteiger partial charge < -0.3 is 14.1 Å². The third kappa shape index (κ3) is 6.86. The number of nitrogens with zero attached hydrogens (tertiary/aromatic N) is 3. The fourth-order valence-corrected chi connectivity index (χ4v) is 7.79. The summed E-state index contributed by atoms with van der Waals surface area (Å²) in [5.41, 5.74) is 11.4. The van der Waals surface area contributed by atoms with E-state index in [2.05, 4.69) is 116 Å². The van der Waals surface area contributed by atoms with E-state index in [1.807, 2.05) is 67.0 Å². The Bertz CT molecular complexity index is 2820. The van der Waals surface area contributed by atoms with Crippen LogP contribution in [0.1, 0.15) is 72.9 Å². The fraction of sp³-hybridized carbons (Fsp3) is 0.160. The second-order valence-electron chi connectivity index (χ2n) is 15.1. The second kappa shape index (κ2) is 15.4. The Morgan fingerprint density at radius 2 is 1.38 bits per heavy atom. The third-order valence-corrected chi connectivity index (χ3v) is 10.9. The molecule has 1 N–H and O–H groups in total. The van der Waals surface area contributed by atoms with E-state index in [9.17, 15) is 5.11 Å². The first kappa shape index (κ1) is 37.2. The molecule has 56 heavy (non-hydrogen) atoms. The molecule has 6 heteroatoms. The van der Waals surface area contributed by atoms with Crippen molar-refractivity contribution < 1.29 is 30.6 Å². The molecule has 0 saturated carbocycles. The molecule has 0 aliphatic heterocycles. The molecule has 0 aliphatic carbocycles. The first-order valence-corrected chi connectivity index (χ1v) is 19.1. The number of rotatable bonds is 9. The maximum atomic E-state index is 12.5. The third-order valence-electron chi connectivity index (χ3n) is 10.9. The molecule has 0 spiro atoms. The van der Waals surface area contributed by atoms with Gasteiger partial charge in [0, 0.05) is 79.0 Å². The van der Waals surface area contributed by atoms with Gasteiger partial charge in [0.25, 0.3) is 0 Å². The minimum Gasteiger partial charge on any atom is -0.507 e. The molecule has 9 aromatic rings. The summed E-state index contributed by atoms with van der Waals surface area (Å²) in [6.07, 6.45) is 7.13. The van der Waals surface area contributed by atoms with Crippen LogP contribution in [0.4, 0.5) is 0 Å². The zero-order valence-electron chi connectivity index (χ0n) is 31.9. The number of aromatic nitrogens is 3. The summed E-state index contributed by atoms with van der Waals surface area (Å²) in [6.45, 7) is 8.93. The number of para-hydroxylation sites is 1. The van der Waals surface area contributed by atoms with Crippen LogP contribution in [0.2, 0.25) is 0 Å². The van der Waals surface area contributed by atoms with Crippen LogP contribution in [0.15, 0.2) is 144 Å². The van der Waals surface area contributed by atoms with Gasteiger partial charge >= 0.3 is 0 Å². The van der Waals surface area contributed by atoms with Gasteiger partial charge in [-0.05, 0) is 75.7 Å². The molecule has 0 amide bonds. The molecule has 280 valence electrons. The molecule has 3 aromatic heterocycles. The maximum Gasteiger partial charge on any atom is 0.142 e. The Kier molecular flexibility index (Phi) is 10.2. The molecule has 0 radical (unpaired) electrons. The van der Waals surface area contributed by atoms with E-state index in [4.69, 9.17) is 9.40 Å². The molecule has 0 unspecified atom stereocenters. The first-order chi connectivity index (χ1) is 26.8. The molecular weight excluding hydrogens is 870 g/mol. The molecule has 9 rings (SSSR count). The molecule has 3 heterocycles. The van der Waals surface area contributed by atoms with Crippen molar-refractivity contribution in [1.82, 2.24) is 14.5 Å². The van der Waals surface area contributed by atoms with Gasteiger partial charge in [-0.25, -0.2) is 0 Å². The number of phenolic OH excluding ortho intramolecular Hbond substituents is 1. The topological polar surface area (TPSA) is 64.1 Å². The van der Waals surface area contributed by atoms with Crippen LogP contribution in [0.3, 0.4) is 0 Å². The van der Waals surface area contributed by atoms with Gasteiger partial charge in [-0.2, -0.15) is 0 Å². The number of aromatic hydroxyl groups is 1. The second-order valence-corrected chi connectivity index (χ2v) is 15.1. The van der Waals surface area contributed by atoms with E-state index in [0.29, 0.717) is 41.5 Å². The zero-order valence-corrected chi connectivity index (χ0v) is 34.1. The van der Waals surface area contributed by atoms with E-state index >= 15 is 0 Å². The smallest absolute Gasteiger partial charge is 0.142 e. The number of pyridine rings is 1. The van der Waals surface area contributed by atoms with Crippen molar-refractivity contribution in [3.05, 3.63) is 179 Å². The van der Waals surface area contributed by atoms with Crippen LogP contribution in [-0.2, 0) is 33.9 Å². The predicted molar refractivity (Wildman–Crippen MR) is 224 cm³/mol. The normalized spacial score (nSPS) is 11.6. The number of furan rings is 1. The molecule has 0 aliphatic rings. The summed E-state index contributed by atoms with van der Waals surface area (Å²) < 4.78 is 8.74. The van der Waals surface area contributed by atoms with Gasteiger partial charge in [-0.3, -0.25) is 9.97 Å². The molecular formula is C50H42N3O2Pt-. The minimum atomic E-state index is 0. The van der Waals surface area contributed by atoms with Crippen LogP contribution < -0.4 is 0 Å². The van der Waals surface area contributed by atoms with E-state index in [0.717, 1.165) is 55.5 Å². The average molecular weight is 912 g/mol. The van der Waals surface area contributed by atoms with Crippen molar-refractivity contribution in [3.63, 3.8) is 0 Å². The van der Waals surface area contributed by atoms with Crippen molar-refractivity contribution in [3.8, 4) is 34.1 Å². The van der Waals surface area contributed by atoms with Crippen molar-refractivity contribution >= 4 is 32.7 Å². The SMILES string of the molecule is CC(C)c1cc(C(C)C)cc(-n2cc(-c3cc4c(oc5ccccc54)c(Cc4ccccc4Cc4cncc5ccccc45)c3O)nc2-c2[c-]cccc2)c1.[Pt]. The van der Waals surface area contributed by atoms with Gasteiger partial charge in [0.15, 0.2) is 0 Å². The number of hydrogen-bond donors (Lipinski definition) is 1. The number of imidazole rings is 1. The standard InChI is InChI=1S/C50H42N3O2.Pt/c1-31(2)37-23-38(32(3)4)25-40(24-37)53-30-46(52-50(53)33-14-6-5-7-15-33)44-27-43-42-20-12-13-21-47(42)55-49(43)45(48(44)54)26-35-17-9-8-16-34(35)22-39-29-51-28-36-18-10-11-19-41(36)39;/h5-14,16-21,23-25,27-32,54H,22,26H2,1-4H3;/q-1;. The maximum absolute atomic E-state index is 12.5. The molecule has 0 bridgehead atoms. The summed E-state index contributed by atoms with van der Waals surface area (Å²) in [6, 6.07) is 45.2. The quantitative estimate of drug-likeness (QED) is 0.147. The zero-order chi connectivity index (χ0) is 37.6. The molecule has 0 fully saturated rings. The number of hydrogen-bond acceptors (Lipinski definition) is 4. The average Bonchev–Trinajstić information content (AvgIpc) is 3.82. The van der Waals surface area contributed by atoms with E-state index in [1.54, 1.807) is 0 Å². The van der Waals surface area contributed by atoms with Crippen molar-refractivity contribution in [2.75, 3.05) is 0 Å². The van der Waals surface area contributed by atoms with Gasteiger partial charge in [-0.1, -0.05) is 100 Å². The van der Waals surface area contributed by atoms with E-state index in [1.165, 1.54) is 22.1 Å². The summed E-state index contributed by atoms with van der Waals surface area (Å²) in [4.78, 5) is 9.85. The Labute approximate surface area is 342 Å². The van der Waals surface area contributed by atoms with E-state index in [-0.39, 0.29) is 26.8 Å². The van der Waals surface area contributed by atoms with E-state index < -0.39 is 0 Å². The van der Waals surface area contributed by atoms with Gasteiger partial charge in [-0.15, -0.1) is 35.9 Å². The van der Waals surface area contributed by atoms with Crippen LogP contribution in [0.5, 0.6) is 5.75 Å². The molecule has 6 aromatic carbocycles.